The summed E-state index contributed by atoms with van der Waals surface area (Å²) in [6, 6.07) is 3.81. The first kappa shape index (κ1) is 16.5. The van der Waals surface area contributed by atoms with Crippen LogP contribution in [0.1, 0.15) is 5.56 Å². The molecule has 7 heteroatoms. The SMILES string of the molecule is COc1cc(Cl)c2[nH]ccc2c1CN1CCN(CC(F)F)CC1. The molecule has 2 heterocycles. The summed E-state index contributed by atoms with van der Waals surface area (Å²) in [5.41, 5.74) is 1.98. The molecular weight excluding hydrogens is 324 g/mol. The Bertz CT molecular complexity index is 669. The minimum Gasteiger partial charge on any atom is -0.496 e. The number of nitrogens with one attached hydrogen (secondary N) is 1. The normalized spacial score (nSPS) is 17.3. The number of aromatic nitrogens is 1. The summed E-state index contributed by atoms with van der Waals surface area (Å²) < 4.78 is 30.4. The molecule has 126 valence electrons. The third-order valence-electron chi connectivity index (χ3n) is 4.33. The number of rotatable bonds is 5. The van der Waals surface area contributed by atoms with Crippen molar-refractivity contribution in [1.29, 1.82) is 0 Å². The van der Waals surface area contributed by atoms with Gasteiger partial charge in [0.05, 0.1) is 24.2 Å². The Morgan fingerprint density at radius 1 is 1.26 bits per heavy atom. The molecule has 2 aromatic rings. The van der Waals surface area contributed by atoms with Crippen molar-refractivity contribution in [3.05, 3.63) is 28.9 Å². The quantitative estimate of drug-likeness (QED) is 0.904. The van der Waals surface area contributed by atoms with E-state index in [1.54, 1.807) is 7.11 Å². The van der Waals surface area contributed by atoms with Crippen molar-refractivity contribution in [1.82, 2.24) is 14.8 Å². The van der Waals surface area contributed by atoms with Crippen molar-refractivity contribution in [2.45, 2.75) is 13.0 Å². The molecule has 1 aromatic heterocycles. The second-order valence-electron chi connectivity index (χ2n) is 5.77. The van der Waals surface area contributed by atoms with Gasteiger partial charge in [0.1, 0.15) is 5.75 Å². The van der Waals surface area contributed by atoms with Gasteiger partial charge in [0.25, 0.3) is 6.43 Å². The molecule has 0 radical (unpaired) electrons. The molecule has 1 saturated heterocycles. The van der Waals surface area contributed by atoms with Crippen LogP contribution in [0.25, 0.3) is 10.9 Å². The monoisotopic (exact) mass is 343 g/mol. The molecule has 1 N–H and O–H groups in total. The van der Waals surface area contributed by atoms with E-state index in [2.05, 4.69) is 9.88 Å². The predicted molar refractivity (Wildman–Crippen MR) is 87.6 cm³/mol. The molecule has 23 heavy (non-hydrogen) atoms. The van der Waals surface area contributed by atoms with E-state index in [0.717, 1.165) is 41.9 Å². The van der Waals surface area contributed by atoms with Gasteiger partial charge in [-0.15, -0.1) is 0 Å². The van der Waals surface area contributed by atoms with Crippen LogP contribution in [0.5, 0.6) is 5.75 Å². The minimum atomic E-state index is -2.27. The Hall–Kier alpha value is -1.37. The Balaban J connectivity index is 1.75. The van der Waals surface area contributed by atoms with Crippen LogP contribution in [0.15, 0.2) is 18.3 Å². The summed E-state index contributed by atoms with van der Waals surface area (Å²) >= 11 is 6.26. The summed E-state index contributed by atoms with van der Waals surface area (Å²) in [5, 5.41) is 1.68. The van der Waals surface area contributed by atoms with E-state index in [4.69, 9.17) is 16.3 Å². The molecule has 0 atom stereocenters. The van der Waals surface area contributed by atoms with E-state index < -0.39 is 6.43 Å². The molecule has 1 aromatic carbocycles. The van der Waals surface area contributed by atoms with E-state index in [-0.39, 0.29) is 6.54 Å². The molecule has 0 unspecified atom stereocenters. The van der Waals surface area contributed by atoms with Gasteiger partial charge in [-0.2, -0.15) is 0 Å². The smallest absolute Gasteiger partial charge is 0.251 e. The summed E-state index contributed by atoms with van der Waals surface area (Å²) in [7, 11) is 1.63. The predicted octanol–water partition coefficient (Wildman–Crippen LogP) is 3.21. The van der Waals surface area contributed by atoms with Crippen LogP contribution in [-0.4, -0.2) is 61.0 Å². The Morgan fingerprint density at radius 2 is 1.96 bits per heavy atom. The lowest BCUT2D eigenvalue weighted by Gasteiger charge is -2.34. The van der Waals surface area contributed by atoms with Crippen LogP contribution in [0.3, 0.4) is 0 Å². The average Bonchev–Trinajstić information content (AvgIpc) is 3.01. The minimum absolute atomic E-state index is 0.139. The number of piperazine rings is 1. The molecule has 0 spiro atoms. The van der Waals surface area contributed by atoms with Crippen molar-refractivity contribution < 1.29 is 13.5 Å². The van der Waals surface area contributed by atoms with Crippen molar-refractivity contribution in [3.63, 3.8) is 0 Å². The molecule has 3 rings (SSSR count). The number of hydrogen-bond acceptors (Lipinski definition) is 3. The van der Waals surface area contributed by atoms with Gasteiger partial charge < -0.3 is 9.72 Å². The number of alkyl halides is 2. The molecule has 4 nitrogen and oxygen atoms in total. The van der Waals surface area contributed by atoms with Gasteiger partial charge in [-0.3, -0.25) is 9.80 Å². The number of methoxy groups -OCH3 is 1. The fraction of sp³-hybridized carbons (Fsp3) is 0.500. The van der Waals surface area contributed by atoms with Gasteiger partial charge in [0.2, 0.25) is 0 Å². The number of H-pyrrole nitrogens is 1. The highest BCUT2D eigenvalue weighted by Crippen LogP contribution is 2.34. The van der Waals surface area contributed by atoms with E-state index >= 15 is 0 Å². The lowest BCUT2D eigenvalue weighted by Crippen LogP contribution is -2.47. The van der Waals surface area contributed by atoms with E-state index in [1.165, 1.54) is 0 Å². The summed E-state index contributed by atoms with van der Waals surface area (Å²) in [5.74, 6) is 0.761. The maximum absolute atomic E-state index is 12.5. The number of halogens is 3. The largest absolute Gasteiger partial charge is 0.496 e. The van der Waals surface area contributed by atoms with E-state index in [1.807, 2.05) is 23.2 Å². The topological polar surface area (TPSA) is 31.5 Å². The standard InChI is InChI=1S/C16H20ClF2N3O/c1-23-14-8-13(17)16-11(2-3-20-16)12(14)9-21-4-6-22(7-5-21)10-15(18)19/h2-3,8,15,20H,4-7,9-10H2,1H3. The first-order valence-corrected chi connectivity index (χ1v) is 8.01. The first-order valence-electron chi connectivity index (χ1n) is 7.63. The molecule has 0 aliphatic carbocycles. The highest BCUT2D eigenvalue weighted by atomic mass is 35.5. The zero-order valence-electron chi connectivity index (χ0n) is 13.0. The van der Waals surface area contributed by atoms with Gasteiger partial charge in [-0.25, -0.2) is 8.78 Å². The van der Waals surface area contributed by atoms with Gasteiger partial charge in [-0.05, 0) is 6.07 Å². The third kappa shape index (κ3) is 3.59. The lowest BCUT2D eigenvalue weighted by atomic mass is 10.1. The Labute approximate surface area is 139 Å². The van der Waals surface area contributed by atoms with Gasteiger partial charge in [0, 0.05) is 55.9 Å². The summed E-state index contributed by atoms with van der Waals surface area (Å²) in [6.45, 7) is 3.44. The summed E-state index contributed by atoms with van der Waals surface area (Å²) in [4.78, 5) is 7.22. The average molecular weight is 344 g/mol. The third-order valence-corrected chi connectivity index (χ3v) is 4.63. The Morgan fingerprint density at radius 3 is 2.61 bits per heavy atom. The van der Waals surface area contributed by atoms with Crippen LogP contribution >= 0.6 is 11.6 Å². The first-order chi connectivity index (χ1) is 11.1. The molecule has 0 amide bonds. The molecule has 0 bridgehead atoms. The van der Waals surface area contributed by atoms with Gasteiger partial charge >= 0.3 is 0 Å². The summed E-state index contributed by atoms with van der Waals surface area (Å²) in [6.07, 6.45) is -0.405. The zero-order valence-corrected chi connectivity index (χ0v) is 13.7. The molecule has 1 aliphatic rings. The molecule has 1 fully saturated rings. The van der Waals surface area contributed by atoms with Crippen LogP contribution in [-0.2, 0) is 6.54 Å². The highest BCUT2D eigenvalue weighted by molar-refractivity contribution is 6.35. The molecule has 0 saturated carbocycles. The Kier molecular flexibility index (Phi) is 5.04. The maximum atomic E-state index is 12.5. The fourth-order valence-corrected chi connectivity index (χ4v) is 3.38. The van der Waals surface area contributed by atoms with Crippen molar-refractivity contribution in [2.75, 3.05) is 39.8 Å². The lowest BCUT2D eigenvalue weighted by molar-refractivity contribution is 0.0543. The van der Waals surface area contributed by atoms with Crippen LogP contribution in [0.4, 0.5) is 8.78 Å². The van der Waals surface area contributed by atoms with Crippen LogP contribution < -0.4 is 4.74 Å². The zero-order chi connectivity index (χ0) is 16.4. The number of fused-ring (bicyclic) bond motifs is 1. The van der Waals surface area contributed by atoms with E-state index in [0.29, 0.717) is 18.1 Å². The van der Waals surface area contributed by atoms with Crippen LogP contribution in [0, 0.1) is 0 Å². The van der Waals surface area contributed by atoms with Crippen LogP contribution in [0.2, 0.25) is 5.02 Å². The van der Waals surface area contributed by atoms with Crippen molar-refractivity contribution >= 4 is 22.5 Å². The second kappa shape index (κ2) is 7.03. The maximum Gasteiger partial charge on any atom is 0.251 e. The molecule has 1 aliphatic heterocycles. The van der Waals surface area contributed by atoms with Crippen molar-refractivity contribution in [2.24, 2.45) is 0 Å². The van der Waals surface area contributed by atoms with E-state index in [9.17, 15) is 8.78 Å². The number of hydrogen-bond donors (Lipinski definition) is 1. The van der Waals surface area contributed by atoms with Crippen molar-refractivity contribution in [3.8, 4) is 5.75 Å². The number of benzene rings is 1. The van der Waals surface area contributed by atoms with Gasteiger partial charge in [0.15, 0.2) is 0 Å². The fourth-order valence-electron chi connectivity index (χ4n) is 3.12. The highest BCUT2D eigenvalue weighted by Gasteiger charge is 2.22. The van der Waals surface area contributed by atoms with Gasteiger partial charge in [-0.1, -0.05) is 11.6 Å². The molecular formula is C16H20ClF2N3O. The number of ether oxygens (including phenoxy) is 1. The second-order valence-corrected chi connectivity index (χ2v) is 6.18. The number of aromatic amines is 1. The number of nitrogens with zero attached hydrogens (tertiary/aromatic N) is 2.